The lowest BCUT2D eigenvalue weighted by Gasteiger charge is -2.41. The van der Waals surface area contributed by atoms with E-state index in [1.54, 1.807) is 43.3 Å². The van der Waals surface area contributed by atoms with Crippen molar-refractivity contribution >= 4 is 40.5 Å². The molecule has 3 amide bonds. The van der Waals surface area contributed by atoms with E-state index >= 15 is 0 Å². The molecule has 6 rings (SSSR count). The molecule has 3 fully saturated rings. The maximum absolute atomic E-state index is 14.8. The molecule has 3 aromatic rings. The Kier molecular flexibility index (Phi) is 8.83. The lowest BCUT2D eigenvalue weighted by atomic mass is 9.65. The van der Waals surface area contributed by atoms with Crippen LogP contribution in [0.15, 0.2) is 79.9 Å². The van der Waals surface area contributed by atoms with Crippen molar-refractivity contribution in [3.05, 3.63) is 85.5 Å². The molecule has 0 saturated carbocycles. The predicted octanol–water partition coefficient (Wildman–Crippen LogP) is 3.34. The summed E-state index contributed by atoms with van der Waals surface area (Å²) in [5, 5.41) is 18.2. The zero-order valence-corrected chi connectivity index (χ0v) is 26.4. The number of thioether (sulfide) groups is 1. The molecule has 3 aliphatic rings. The van der Waals surface area contributed by atoms with Crippen molar-refractivity contribution in [2.45, 2.75) is 49.0 Å². The van der Waals surface area contributed by atoms with Gasteiger partial charge in [-0.05, 0) is 36.5 Å². The molecule has 11 heteroatoms. The molecule has 1 spiro atoms. The zero-order valence-electron chi connectivity index (χ0n) is 25.6. The predicted molar refractivity (Wildman–Crippen MR) is 174 cm³/mol. The van der Waals surface area contributed by atoms with Gasteiger partial charge < -0.3 is 19.8 Å². The van der Waals surface area contributed by atoms with Gasteiger partial charge in [0.25, 0.3) is 0 Å². The van der Waals surface area contributed by atoms with Gasteiger partial charge in [-0.3, -0.25) is 14.4 Å². The summed E-state index contributed by atoms with van der Waals surface area (Å²) in [4.78, 5) is 48.8. The first-order valence-electron chi connectivity index (χ1n) is 15.6. The van der Waals surface area contributed by atoms with Crippen molar-refractivity contribution in [3.8, 4) is 0 Å². The van der Waals surface area contributed by atoms with Crippen LogP contribution < -0.4 is 0 Å². The lowest BCUT2D eigenvalue weighted by molar-refractivity contribution is -0.145. The topological polar surface area (TPSA) is 112 Å². The van der Waals surface area contributed by atoms with Crippen LogP contribution in [0.3, 0.4) is 0 Å². The Bertz CT molecular complexity index is 1600. The van der Waals surface area contributed by atoms with Crippen LogP contribution in [0.1, 0.15) is 25.3 Å². The van der Waals surface area contributed by atoms with E-state index in [9.17, 15) is 19.5 Å². The summed E-state index contributed by atoms with van der Waals surface area (Å²) < 4.78 is 0.914. The Balaban J connectivity index is 1.36. The lowest BCUT2D eigenvalue weighted by Crippen LogP contribution is -2.57. The molecule has 2 bridgehead atoms. The number of hydrogen-bond acceptors (Lipinski definition) is 7. The van der Waals surface area contributed by atoms with Gasteiger partial charge in [0.1, 0.15) is 18.2 Å². The largest absolute Gasteiger partial charge is 0.396 e. The number of likely N-dealkylation sites (tertiary alicyclic amines) is 1. The van der Waals surface area contributed by atoms with Crippen LogP contribution in [0, 0.1) is 17.8 Å². The smallest absolute Gasteiger partial charge is 0.248 e. The summed E-state index contributed by atoms with van der Waals surface area (Å²) in [5.74, 6) is -1.62. The molecule has 3 saturated heterocycles. The summed E-state index contributed by atoms with van der Waals surface area (Å²) in [5.41, 5.74) is 2.52. The molecular weight excluding hydrogens is 588 g/mol. The average Bonchev–Trinajstić information content (AvgIpc) is 3.77. The number of aliphatic hydroxyl groups is 1. The number of para-hydroxylation sites is 1. The number of hydrogen-bond donors (Lipinski definition) is 1. The second-order valence-corrected chi connectivity index (χ2v) is 13.8. The van der Waals surface area contributed by atoms with Crippen molar-refractivity contribution in [1.29, 1.82) is 0 Å². The minimum Gasteiger partial charge on any atom is -0.396 e. The number of aliphatic hydroxyl groups excluding tert-OH is 1. The van der Waals surface area contributed by atoms with Crippen LogP contribution in [0.25, 0.3) is 11.0 Å². The summed E-state index contributed by atoms with van der Waals surface area (Å²) in [6, 6.07) is 16.6. The highest BCUT2D eigenvalue weighted by atomic mass is 32.2. The van der Waals surface area contributed by atoms with Gasteiger partial charge in [0.2, 0.25) is 17.7 Å². The number of aromatic nitrogens is 3. The van der Waals surface area contributed by atoms with Crippen LogP contribution in [0.2, 0.25) is 0 Å². The Hall–Kier alpha value is -3.96. The fraction of sp³-hybridized carbons (Fsp3) is 0.441. The van der Waals surface area contributed by atoms with Crippen molar-refractivity contribution in [3.63, 3.8) is 0 Å². The van der Waals surface area contributed by atoms with E-state index in [0.717, 1.165) is 23.0 Å². The third kappa shape index (κ3) is 5.25. The number of carbonyl (C=O) groups is 3. The quantitative estimate of drug-likeness (QED) is 0.289. The normalized spacial score (nSPS) is 26.7. The number of nitrogens with zero attached hydrogens (tertiary/aromatic N) is 6. The van der Waals surface area contributed by atoms with E-state index in [4.69, 9.17) is 0 Å². The molecule has 10 nitrogen and oxygen atoms in total. The monoisotopic (exact) mass is 628 g/mol. The Morgan fingerprint density at radius 2 is 1.78 bits per heavy atom. The average molecular weight is 629 g/mol. The number of carbonyl (C=O) groups excluding carboxylic acids is 3. The van der Waals surface area contributed by atoms with E-state index in [-0.39, 0.29) is 55.3 Å². The first kappa shape index (κ1) is 31.0. The summed E-state index contributed by atoms with van der Waals surface area (Å²) in [6.07, 6.45) is 4.47. The van der Waals surface area contributed by atoms with Crippen molar-refractivity contribution < 1.29 is 19.5 Å². The van der Waals surface area contributed by atoms with E-state index in [1.807, 2.05) is 54.6 Å². The maximum Gasteiger partial charge on any atom is 0.248 e. The highest BCUT2D eigenvalue weighted by molar-refractivity contribution is 8.02. The van der Waals surface area contributed by atoms with Gasteiger partial charge in [-0.25, -0.2) is 4.68 Å². The molecule has 1 aromatic heterocycles. The fourth-order valence-corrected chi connectivity index (χ4v) is 10.1. The Labute approximate surface area is 267 Å². The maximum atomic E-state index is 14.8. The first-order valence-corrected chi connectivity index (χ1v) is 16.4. The van der Waals surface area contributed by atoms with Crippen LogP contribution >= 0.6 is 11.8 Å². The molecule has 45 heavy (non-hydrogen) atoms. The Morgan fingerprint density at radius 3 is 2.51 bits per heavy atom. The van der Waals surface area contributed by atoms with Crippen LogP contribution in [0.5, 0.6) is 0 Å². The van der Waals surface area contributed by atoms with Crippen molar-refractivity contribution in [1.82, 2.24) is 29.7 Å². The van der Waals surface area contributed by atoms with Crippen molar-refractivity contribution in [2.24, 2.45) is 17.8 Å². The van der Waals surface area contributed by atoms with Crippen molar-refractivity contribution in [2.75, 3.05) is 26.2 Å². The van der Waals surface area contributed by atoms with Gasteiger partial charge >= 0.3 is 0 Å². The molecule has 3 unspecified atom stereocenters. The minimum atomic E-state index is -0.791. The van der Waals surface area contributed by atoms with Crippen LogP contribution in [-0.4, -0.2) is 94.8 Å². The molecule has 1 N–H and O–H groups in total. The molecule has 0 radical (unpaired) electrons. The van der Waals surface area contributed by atoms with Gasteiger partial charge in [0, 0.05) is 38.0 Å². The second-order valence-electron chi connectivity index (χ2n) is 12.2. The Morgan fingerprint density at radius 1 is 1.07 bits per heavy atom. The minimum absolute atomic E-state index is 0.0262. The van der Waals surface area contributed by atoms with Gasteiger partial charge in [0.05, 0.1) is 22.1 Å². The van der Waals surface area contributed by atoms with Gasteiger partial charge in [-0.2, -0.15) is 0 Å². The number of rotatable bonds is 13. The number of fused-ring (bicyclic) bond motifs is 2. The summed E-state index contributed by atoms with van der Waals surface area (Å²) >= 11 is 1.65. The van der Waals surface area contributed by atoms with Gasteiger partial charge in [-0.1, -0.05) is 66.8 Å². The molecule has 2 aromatic carbocycles. The summed E-state index contributed by atoms with van der Waals surface area (Å²) in [7, 11) is 0. The molecular formula is C34H40N6O4S. The third-order valence-corrected chi connectivity index (χ3v) is 11.7. The number of benzene rings is 2. The van der Waals surface area contributed by atoms with E-state index in [2.05, 4.69) is 30.4 Å². The zero-order chi connectivity index (χ0) is 31.7. The second kappa shape index (κ2) is 12.8. The molecule has 4 heterocycles. The van der Waals surface area contributed by atoms with E-state index < -0.39 is 22.6 Å². The third-order valence-electron chi connectivity index (χ3n) is 9.59. The summed E-state index contributed by atoms with van der Waals surface area (Å²) in [6.45, 7) is 11.2. The molecule has 3 aliphatic heterocycles. The molecule has 236 valence electrons. The van der Waals surface area contributed by atoms with E-state index in [1.165, 1.54) is 0 Å². The van der Waals surface area contributed by atoms with Crippen LogP contribution in [0.4, 0.5) is 0 Å². The highest BCUT2D eigenvalue weighted by Gasteiger charge is 2.76. The molecule has 6 atom stereocenters. The fourth-order valence-electron chi connectivity index (χ4n) is 7.70. The SMILES string of the molecule is C=CCN(Cn1nnc2ccccc21)C(=O)C1N(CCCO)C(=O)[C@@H]2[C@H](C(=O)N(CC=C)Cc3ccccc3)[C@@H]3CC(C)C12S3. The van der Waals surface area contributed by atoms with Gasteiger partial charge in [-0.15, -0.1) is 30.0 Å². The standard InChI is InChI=1S/C34H40N6O4S/c1-4-16-37(21-24-12-7-6-8-13-24)31(42)28-27-20-23(3)34(45-27)29(28)32(43)39(18-11-19-41)30(34)33(44)38(17-5-2)22-40-26-15-10-9-14-25(26)35-36-40/h4-10,12-15,23,27-30,41H,1-2,11,16-22H2,3H3/t23?,27-,28+,29-,30?,34?/m0/s1. The highest BCUT2D eigenvalue weighted by Crippen LogP contribution is 2.69. The van der Waals surface area contributed by atoms with Gasteiger partial charge in [0.15, 0.2) is 0 Å². The van der Waals surface area contributed by atoms with Crippen LogP contribution in [-0.2, 0) is 27.6 Å². The first-order chi connectivity index (χ1) is 21.8. The molecule has 0 aliphatic carbocycles. The van der Waals surface area contributed by atoms with E-state index in [0.29, 0.717) is 19.5 Å². The number of amides is 3.